The molecule has 108 valence electrons. The van der Waals surface area contributed by atoms with E-state index in [-0.39, 0.29) is 6.04 Å². The van der Waals surface area contributed by atoms with Gasteiger partial charge in [0.2, 0.25) is 11.7 Å². The highest BCUT2D eigenvalue weighted by molar-refractivity contribution is 7.99. The fourth-order valence-electron chi connectivity index (χ4n) is 1.74. The zero-order valence-electron chi connectivity index (χ0n) is 11.7. The summed E-state index contributed by atoms with van der Waals surface area (Å²) in [6.45, 7) is 2.14. The number of nitrogens with two attached hydrogens (primary N) is 1. The third kappa shape index (κ3) is 4.01. The zero-order chi connectivity index (χ0) is 14.4. The van der Waals surface area contributed by atoms with Crippen molar-refractivity contribution in [2.24, 2.45) is 5.73 Å². The molecule has 0 bridgehead atoms. The Bertz CT molecular complexity index is 527. The SMILES string of the molecule is CCSc1ccc(-c2noc(C(N)CCSC)n2)cc1. The van der Waals surface area contributed by atoms with Crippen LogP contribution in [0.3, 0.4) is 0 Å². The lowest BCUT2D eigenvalue weighted by molar-refractivity contribution is 0.353. The molecule has 1 unspecified atom stereocenters. The molecule has 0 aliphatic rings. The number of thioether (sulfide) groups is 2. The van der Waals surface area contributed by atoms with E-state index < -0.39 is 0 Å². The van der Waals surface area contributed by atoms with E-state index in [1.807, 2.05) is 23.9 Å². The van der Waals surface area contributed by atoms with Gasteiger partial charge in [0.25, 0.3) is 0 Å². The van der Waals surface area contributed by atoms with Gasteiger partial charge < -0.3 is 10.3 Å². The molecule has 0 radical (unpaired) electrons. The summed E-state index contributed by atoms with van der Waals surface area (Å²) in [6, 6.07) is 8.00. The summed E-state index contributed by atoms with van der Waals surface area (Å²) in [7, 11) is 0. The molecule has 4 nitrogen and oxygen atoms in total. The molecule has 1 atom stereocenters. The summed E-state index contributed by atoms with van der Waals surface area (Å²) in [5.74, 6) is 3.17. The summed E-state index contributed by atoms with van der Waals surface area (Å²) < 4.78 is 5.26. The minimum absolute atomic E-state index is 0.182. The van der Waals surface area contributed by atoms with Crippen molar-refractivity contribution in [3.05, 3.63) is 30.2 Å². The van der Waals surface area contributed by atoms with Crippen molar-refractivity contribution in [2.75, 3.05) is 17.8 Å². The lowest BCUT2D eigenvalue weighted by atomic mass is 10.2. The number of rotatable bonds is 7. The highest BCUT2D eigenvalue weighted by Crippen LogP contribution is 2.23. The first-order valence-electron chi connectivity index (χ1n) is 6.56. The fourth-order valence-corrected chi connectivity index (χ4v) is 2.89. The molecule has 1 heterocycles. The van der Waals surface area contributed by atoms with E-state index in [0.29, 0.717) is 11.7 Å². The minimum Gasteiger partial charge on any atom is -0.337 e. The molecule has 0 saturated heterocycles. The Hall–Kier alpha value is -0.980. The van der Waals surface area contributed by atoms with Gasteiger partial charge in [-0.3, -0.25) is 0 Å². The van der Waals surface area contributed by atoms with Crippen molar-refractivity contribution in [3.63, 3.8) is 0 Å². The lowest BCUT2D eigenvalue weighted by Crippen LogP contribution is -2.11. The van der Waals surface area contributed by atoms with Gasteiger partial charge in [-0.05, 0) is 48.4 Å². The van der Waals surface area contributed by atoms with Gasteiger partial charge in [-0.25, -0.2) is 0 Å². The van der Waals surface area contributed by atoms with Gasteiger partial charge >= 0.3 is 0 Å². The van der Waals surface area contributed by atoms with Crippen LogP contribution >= 0.6 is 23.5 Å². The molecule has 0 aliphatic carbocycles. The van der Waals surface area contributed by atoms with E-state index in [0.717, 1.165) is 23.5 Å². The molecular formula is C14H19N3OS2. The minimum atomic E-state index is -0.182. The maximum Gasteiger partial charge on any atom is 0.243 e. The van der Waals surface area contributed by atoms with Crippen LogP contribution in [0.4, 0.5) is 0 Å². The molecule has 0 fully saturated rings. The van der Waals surface area contributed by atoms with E-state index in [2.05, 4.69) is 35.5 Å². The summed E-state index contributed by atoms with van der Waals surface area (Å²) in [6.07, 6.45) is 2.90. The molecule has 6 heteroatoms. The Kier molecular flexibility index (Phi) is 5.94. The second-order valence-electron chi connectivity index (χ2n) is 4.30. The van der Waals surface area contributed by atoms with Crippen LogP contribution in [0, 0.1) is 0 Å². The largest absolute Gasteiger partial charge is 0.337 e. The zero-order valence-corrected chi connectivity index (χ0v) is 13.3. The van der Waals surface area contributed by atoms with Crippen molar-refractivity contribution in [2.45, 2.75) is 24.3 Å². The molecule has 1 aromatic heterocycles. The molecular weight excluding hydrogens is 290 g/mol. The van der Waals surface area contributed by atoms with Gasteiger partial charge in [0.15, 0.2) is 0 Å². The van der Waals surface area contributed by atoms with E-state index in [1.165, 1.54) is 4.90 Å². The van der Waals surface area contributed by atoms with Gasteiger partial charge in [0.1, 0.15) is 0 Å². The average molecular weight is 309 g/mol. The topological polar surface area (TPSA) is 64.9 Å². The van der Waals surface area contributed by atoms with E-state index in [9.17, 15) is 0 Å². The van der Waals surface area contributed by atoms with Crippen molar-refractivity contribution in [1.29, 1.82) is 0 Å². The second-order valence-corrected chi connectivity index (χ2v) is 6.62. The van der Waals surface area contributed by atoms with Gasteiger partial charge in [-0.2, -0.15) is 16.7 Å². The first-order chi connectivity index (χ1) is 9.74. The third-order valence-electron chi connectivity index (χ3n) is 2.82. The number of benzene rings is 1. The molecule has 20 heavy (non-hydrogen) atoms. The molecule has 0 amide bonds. The molecule has 1 aromatic carbocycles. The van der Waals surface area contributed by atoms with Gasteiger partial charge in [-0.15, -0.1) is 11.8 Å². The first kappa shape index (κ1) is 15.4. The maximum atomic E-state index is 6.02. The molecule has 2 N–H and O–H groups in total. The van der Waals surface area contributed by atoms with Gasteiger partial charge in [-0.1, -0.05) is 12.1 Å². The number of nitrogens with zero attached hydrogens (tertiary/aromatic N) is 2. The third-order valence-corrected chi connectivity index (χ3v) is 4.35. The molecule has 2 rings (SSSR count). The Labute approximate surface area is 127 Å². The molecule has 0 aliphatic heterocycles. The Balaban J connectivity index is 2.07. The van der Waals surface area contributed by atoms with Crippen LogP contribution in [0.1, 0.15) is 25.3 Å². The van der Waals surface area contributed by atoms with Crippen molar-refractivity contribution in [3.8, 4) is 11.4 Å². The number of hydrogen-bond acceptors (Lipinski definition) is 6. The van der Waals surface area contributed by atoms with Gasteiger partial charge in [0.05, 0.1) is 6.04 Å². The molecule has 0 spiro atoms. The van der Waals surface area contributed by atoms with Crippen molar-refractivity contribution in [1.82, 2.24) is 10.1 Å². The highest BCUT2D eigenvalue weighted by atomic mass is 32.2. The Morgan fingerprint density at radius 1 is 1.30 bits per heavy atom. The van der Waals surface area contributed by atoms with Crippen LogP contribution in [0.25, 0.3) is 11.4 Å². The predicted molar refractivity (Wildman–Crippen MR) is 86.1 cm³/mol. The predicted octanol–water partition coefficient (Wildman–Crippen LogP) is 3.60. The van der Waals surface area contributed by atoms with Crippen LogP contribution in [0.2, 0.25) is 0 Å². The van der Waals surface area contributed by atoms with Crippen LogP contribution < -0.4 is 5.73 Å². The van der Waals surface area contributed by atoms with Crippen molar-refractivity contribution >= 4 is 23.5 Å². The first-order valence-corrected chi connectivity index (χ1v) is 8.94. The fraction of sp³-hybridized carbons (Fsp3) is 0.429. The van der Waals surface area contributed by atoms with E-state index >= 15 is 0 Å². The van der Waals surface area contributed by atoms with E-state index in [4.69, 9.17) is 10.3 Å². The van der Waals surface area contributed by atoms with Crippen molar-refractivity contribution < 1.29 is 4.52 Å². The van der Waals surface area contributed by atoms with Gasteiger partial charge in [0, 0.05) is 10.5 Å². The highest BCUT2D eigenvalue weighted by Gasteiger charge is 2.15. The summed E-state index contributed by atoms with van der Waals surface area (Å²) in [5, 5.41) is 4.01. The normalized spacial score (nSPS) is 12.6. The quantitative estimate of drug-likeness (QED) is 0.788. The Morgan fingerprint density at radius 2 is 2.05 bits per heavy atom. The smallest absolute Gasteiger partial charge is 0.243 e. The summed E-state index contributed by atoms with van der Waals surface area (Å²) >= 11 is 3.57. The summed E-state index contributed by atoms with van der Waals surface area (Å²) in [4.78, 5) is 5.64. The summed E-state index contributed by atoms with van der Waals surface area (Å²) in [5.41, 5.74) is 6.98. The van der Waals surface area contributed by atoms with Crippen LogP contribution in [-0.4, -0.2) is 27.9 Å². The monoisotopic (exact) mass is 309 g/mol. The van der Waals surface area contributed by atoms with Crippen LogP contribution in [0.15, 0.2) is 33.7 Å². The van der Waals surface area contributed by atoms with Crippen LogP contribution in [-0.2, 0) is 0 Å². The number of hydrogen-bond donors (Lipinski definition) is 1. The number of aromatic nitrogens is 2. The maximum absolute atomic E-state index is 6.02. The average Bonchev–Trinajstić information content (AvgIpc) is 2.96. The Morgan fingerprint density at radius 3 is 2.70 bits per heavy atom. The molecule has 2 aromatic rings. The standard InChI is InChI=1S/C14H19N3OS2/c1-3-20-11-6-4-10(5-7-11)13-16-14(18-17-13)12(15)8-9-19-2/h4-7,12H,3,8-9,15H2,1-2H3. The van der Waals surface area contributed by atoms with Crippen LogP contribution in [0.5, 0.6) is 0 Å². The van der Waals surface area contributed by atoms with E-state index in [1.54, 1.807) is 11.8 Å². The lowest BCUT2D eigenvalue weighted by Gasteiger charge is -2.03. The second kappa shape index (κ2) is 7.71. The molecule has 0 saturated carbocycles.